The fraction of sp³-hybridized carbons (Fsp3) is 0. The molecule has 12 heavy (non-hydrogen) atoms. The van der Waals surface area contributed by atoms with E-state index in [0.717, 1.165) is 0 Å². The van der Waals surface area contributed by atoms with E-state index in [-0.39, 0.29) is 10.9 Å². The molecule has 0 amide bonds. The zero-order valence-corrected chi connectivity index (χ0v) is 7.62. The van der Waals surface area contributed by atoms with E-state index in [0.29, 0.717) is 10.7 Å². The number of hydrogen-bond acceptors (Lipinski definition) is 2. The van der Waals surface area contributed by atoms with Crippen LogP contribution in [0.5, 0.6) is 5.75 Å². The van der Waals surface area contributed by atoms with Crippen LogP contribution < -0.4 is 11.1 Å². The average molecular weight is 203 g/mol. The van der Waals surface area contributed by atoms with Crippen molar-refractivity contribution >= 4 is 34.6 Å². The molecule has 0 radical (unpaired) electrons. The number of halogens is 1. The SMILES string of the molecule is NC(=S)Nc1ccc(O)cc1Cl. The lowest BCUT2D eigenvalue weighted by Gasteiger charge is -2.05. The third kappa shape index (κ3) is 2.25. The first-order chi connectivity index (χ1) is 5.59. The first-order valence-corrected chi connectivity index (χ1v) is 3.93. The summed E-state index contributed by atoms with van der Waals surface area (Å²) >= 11 is 10.4. The summed E-state index contributed by atoms with van der Waals surface area (Å²) in [4.78, 5) is 0. The highest BCUT2D eigenvalue weighted by Crippen LogP contribution is 2.25. The summed E-state index contributed by atoms with van der Waals surface area (Å²) in [5.41, 5.74) is 5.82. The normalized spacial score (nSPS) is 9.42. The van der Waals surface area contributed by atoms with Gasteiger partial charge in [-0.1, -0.05) is 11.6 Å². The van der Waals surface area contributed by atoms with Crippen molar-refractivity contribution in [3.8, 4) is 5.75 Å². The summed E-state index contributed by atoms with van der Waals surface area (Å²) in [5, 5.41) is 12.2. The van der Waals surface area contributed by atoms with E-state index >= 15 is 0 Å². The van der Waals surface area contributed by atoms with Crippen LogP contribution in [-0.2, 0) is 0 Å². The van der Waals surface area contributed by atoms with Gasteiger partial charge in [-0.3, -0.25) is 0 Å². The fourth-order valence-electron chi connectivity index (χ4n) is 0.738. The average Bonchev–Trinajstić information content (AvgIpc) is 1.94. The molecule has 0 saturated carbocycles. The first kappa shape index (κ1) is 9.09. The van der Waals surface area contributed by atoms with Crippen LogP contribution in [0.3, 0.4) is 0 Å². The Morgan fingerprint density at radius 2 is 2.25 bits per heavy atom. The molecule has 0 atom stereocenters. The van der Waals surface area contributed by atoms with E-state index in [1.54, 1.807) is 6.07 Å². The number of nitrogens with two attached hydrogens (primary N) is 1. The fourth-order valence-corrected chi connectivity index (χ4v) is 1.07. The number of rotatable bonds is 1. The van der Waals surface area contributed by atoms with Gasteiger partial charge in [0.25, 0.3) is 0 Å². The lowest BCUT2D eigenvalue weighted by molar-refractivity contribution is 0.475. The molecule has 64 valence electrons. The molecule has 0 fully saturated rings. The van der Waals surface area contributed by atoms with Crippen LogP contribution >= 0.6 is 23.8 Å². The third-order valence-corrected chi connectivity index (χ3v) is 1.63. The Morgan fingerprint density at radius 3 is 2.75 bits per heavy atom. The molecular weight excluding hydrogens is 196 g/mol. The van der Waals surface area contributed by atoms with Gasteiger partial charge in [0.2, 0.25) is 0 Å². The summed E-state index contributed by atoms with van der Waals surface area (Å²) in [6, 6.07) is 4.49. The predicted octanol–water partition coefficient (Wildman–Crippen LogP) is 1.70. The van der Waals surface area contributed by atoms with Gasteiger partial charge in [0.1, 0.15) is 5.75 Å². The Labute approximate surface area is 80.1 Å². The van der Waals surface area contributed by atoms with Crippen molar-refractivity contribution in [2.45, 2.75) is 0 Å². The van der Waals surface area contributed by atoms with Gasteiger partial charge in [0.05, 0.1) is 10.7 Å². The molecule has 3 nitrogen and oxygen atoms in total. The second-order valence-electron chi connectivity index (χ2n) is 2.15. The van der Waals surface area contributed by atoms with E-state index in [2.05, 4.69) is 17.5 Å². The molecule has 0 unspecified atom stereocenters. The summed E-state index contributed by atoms with van der Waals surface area (Å²) in [6.45, 7) is 0. The Hall–Kier alpha value is -1.00. The molecule has 0 aliphatic rings. The molecule has 0 aliphatic carbocycles. The Morgan fingerprint density at radius 1 is 1.58 bits per heavy atom. The molecule has 1 aromatic carbocycles. The van der Waals surface area contributed by atoms with Crippen LogP contribution in [-0.4, -0.2) is 10.2 Å². The zero-order valence-electron chi connectivity index (χ0n) is 6.04. The lowest BCUT2D eigenvalue weighted by atomic mass is 10.3. The topological polar surface area (TPSA) is 58.3 Å². The van der Waals surface area contributed by atoms with Crippen LogP contribution in [0.15, 0.2) is 18.2 Å². The number of thiocarbonyl (C=S) groups is 1. The van der Waals surface area contributed by atoms with E-state index in [1.807, 2.05) is 0 Å². The number of aromatic hydroxyl groups is 1. The van der Waals surface area contributed by atoms with Crippen molar-refractivity contribution in [2.24, 2.45) is 5.73 Å². The number of phenols is 1. The van der Waals surface area contributed by atoms with Crippen LogP contribution in [0, 0.1) is 0 Å². The van der Waals surface area contributed by atoms with E-state index in [1.165, 1.54) is 12.1 Å². The number of benzene rings is 1. The Balaban J connectivity index is 2.93. The van der Waals surface area contributed by atoms with Gasteiger partial charge in [-0.05, 0) is 24.4 Å². The van der Waals surface area contributed by atoms with Crippen molar-refractivity contribution in [3.63, 3.8) is 0 Å². The van der Waals surface area contributed by atoms with Crippen molar-refractivity contribution < 1.29 is 5.11 Å². The summed E-state index contributed by atoms with van der Waals surface area (Å²) < 4.78 is 0. The summed E-state index contributed by atoms with van der Waals surface area (Å²) in [6.07, 6.45) is 0. The monoisotopic (exact) mass is 202 g/mol. The Bertz CT molecular complexity index is 316. The van der Waals surface area contributed by atoms with Crippen molar-refractivity contribution in [3.05, 3.63) is 23.2 Å². The third-order valence-electron chi connectivity index (χ3n) is 1.21. The standard InChI is InChI=1S/C7H7ClN2OS/c8-5-3-4(11)1-2-6(5)10-7(9)12/h1-3,11H,(H3,9,10,12). The number of anilines is 1. The van der Waals surface area contributed by atoms with Crippen molar-refractivity contribution in [1.82, 2.24) is 0 Å². The quantitative estimate of drug-likeness (QED) is 0.479. The largest absolute Gasteiger partial charge is 0.508 e. The molecule has 0 aliphatic heterocycles. The van der Waals surface area contributed by atoms with Gasteiger partial charge in [0, 0.05) is 6.07 Å². The second-order valence-corrected chi connectivity index (χ2v) is 3.00. The van der Waals surface area contributed by atoms with Gasteiger partial charge in [0.15, 0.2) is 5.11 Å². The van der Waals surface area contributed by atoms with Crippen molar-refractivity contribution in [1.29, 1.82) is 0 Å². The maximum absolute atomic E-state index is 9.00. The summed E-state index contributed by atoms with van der Waals surface area (Å²) in [5.74, 6) is 0.105. The maximum atomic E-state index is 9.00. The van der Waals surface area contributed by atoms with Crippen LogP contribution in [0.4, 0.5) is 5.69 Å². The van der Waals surface area contributed by atoms with Crippen LogP contribution in [0.25, 0.3) is 0 Å². The number of nitrogens with one attached hydrogen (secondary N) is 1. The van der Waals surface area contributed by atoms with Gasteiger partial charge < -0.3 is 16.2 Å². The van der Waals surface area contributed by atoms with Crippen LogP contribution in [0.2, 0.25) is 5.02 Å². The van der Waals surface area contributed by atoms with Crippen molar-refractivity contribution in [2.75, 3.05) is 5.32 Å². The molecule has 0 aromatic heterocycles. The predicted molar refractivity (Wildman–Crippen MR) is 53.5 cm³/mol. The van der Waals surface area contributed by atoms with Gasteiger partial charge >= 0.3 is 0 Å². The lowest BCUT2D eigenvalue weighted by Crippen LogP contribution is -2.18. The van der Waals surface area contributed by atoms with Gasteiger partial charge in [-0.25, -0.2) is 0 Å². The smallest absolute Gasteiger partial charge is 0.168 e. The van der Waals surface area contributed by atoms with Gasteiger partial charge in [-0.2, -0.15) is 0 Å². The minimum atomic E-state index is 0.105. The molecule has 0 spiro atoms. The molecule has 5 heteroatoms. The molecule has 0 heterocycles. The number of phenolic OH excluding ortho intramolecular Hbond substituents is 1. The molecule has 1 rings (SSSR count). The highest BCUT2D eigenvalue weighted by atomic mass is 35.5. The molecule has 0 bridgehead atoms. The summed E-state index contributed by atoms with van der Waals surface area (Å²) in [7, 11) is 0. The van der Waals surface area contributed by atoms with E-state index in [9.17, 15) is 0 Å². The van der Waals surface area contributed by atoms with Crippen LogP contribution in [0.1, 0.15) is 0 Å². The van der Waals surface area contributed by atoms with E-state index < -0.39 is 0 Å². The zero-order chi connectivity index (χ0) is 9.14. The second kappa shape index (κ2) is 3.60. The molecule has 4 N–H and O–H groups in total. The molecule has 1 aromatic rings. The Kier molecular flexibility index (Phi) is 2.73. The van der Waals surface area contributed by atoms with E-state index in [4.69, 9.17) is 22.4 Å². The minimum Gasteiger partial charge on any atom is -0.508 e. The number of hydrogen-bond donors (Lipinski definition) is 3. The highest BCUT2D eigenvalue weighted by molar-refractivity contribution is 7.80. The molecular formula is C7H7ClN2OS. The van der Waals surface area contributed by atoms with Gasteiger partial charge in [-0.15, -0.1) is 0 Å². The minimum absolute atomic E-state index is 0.105. The maximum Gasteiger partial charge on any atom is 0.168 e. The first-order valence-electron chi connectivity index (χ1n) is 3.14. The highest BCUT2D eigenvalue weighted by Gasteiger charge is 2.00. The molecule has 0 saturated heterocycles.